The Labute approximate surface area is 244 Å². The fourth-order valence-corrected chi connectivity index (χ4v) is 6.21. The van der Waals surface area contributed by atoms with Crippen molar-refractivity contribution in [2.75, 3.05) is 17.4 Å². The SMILES string of the molecule is CCNC(=O)C(CC)N(Cc1ccc(Cl)cc1Cl)C(=O)CN(c1ccccc1C)S(=O)(=O)c1ccc(Cl)cc1. The molecule has 1 unspecified atom stereocenters. The molecule has 0 heterocycles. The van der Waals surface area contributed by atoms with Gasteiger partial charge in [0.2, 0.25) is 11.8 Å². The van der Waals surface area contributed by atoms with Crippen molar-refractivity contribution in [3.05, 3.63) is 92.9 Å². The van der Waals surface area contributed by atoms with Gasteiger partial charge in [-0.05, 0) is 73.9 Å². The van der Waals surface area contributed by atoms with Crippen LogP contribution in [0.1, 0.15) is 31.4 Å². The van der Waals surface area contributed by atoms with Gasteiger partial charge >= 0.3 is 0 Å². The first-order valence-electron chi connectivity index (χ1n) is 12.3. The number of para-hydroxylation sites is 1. The highest BCUT2D eigenvalue weighted by molar-refractivity contribution is 7.92. The molecule has 0 saturated heterocycles. The molecule has 0 aliphatic rings. The Kier molecular flexibility index (Phi) is 10.7. The first-order valence-corrected chi connectivity index (χ1v) is 14.9. The Morgan fingerprint density at radius 3 is 2.15 bits per heavy atom. The summed E-state index contributed by atoms with van der Waals surface area (Å²) >= 11 is 18.5. The fourth-order valence-electron chi connectivity index (χ4n) is 4.14. The number of benzene rings is 3. The molecule has 1 atom stereocenters. The lowest BCUT2D eigenvalue weighted by atomic mass is 10.1. The molecule has 7 nitrogen and oxygen atoms in total. The fraction of sp³-hybridized carbons (Fsp3) is 0.286. The van der Waals surface area contributed by atoms with Gasteiger partial charge in [-0.25, -0.2) is 8.42 Å². The van der Waals surface area contributed by atoms with E-state index in [0.29, 0.717) is 44.8 Å². The molecule has 0 bridgehead atoms. The minimum Gasteiger partial charge on any atom is -0.355 e. The third-order valence-corrected chi connectivity index (χ3v) is 8.77. The molecular weight excluding hydrogens is 581 g/mol. The van der Waals surface area contributed by atoms with Crippen LogP contribution in [0.3, 0.4) is 0 Å². The minimum atomic E-state index is -4.19. The lowest BCUT2D eigenvalue weighted by molar-refractivity contribution is -0.140. The highest BCUT2D eigenvalue weighted by Gasteiger charge is 2.34. The largest absolute Gasteiger partial charge is 0.355 e. The average Bonchev–Trinajstić information content (AvgIpc) is 2.89. The number of likely N-dealkylation sites (N-methyl/N-ethyl adjacent to an activating group) is 1. The lowest BCUT2D eigenvalue weighted by Gasteiger charge is -2.33. The number of hydrogen-bond acceptors (Lipinski definition) is 4. The molecule has 11 heteroatoms. The van der Waals surface area contributed by atoms with E-state index in [4.69, 9.17) is 34.8 Å². The van der Waals surface area contributed by atoms with E-state index < -0.39 is 28.5 Å². The molecule has 39 heavy (non-hydrogen) atoms. The summed E-state index contributed by atoms with van der Waals surface area (Å²) in [4.78, 5) is 28.4. The molecular formula is C28H30Cl3N3O4S. The van der Waals surface area contributed by atoms with E-state index in [2.05, 4.69) is 5.32 Å². The molecule has 3 aromatic carbocycles. The number of halogens is 3. The van der Waals surface area contributed by atoms with Crippen LogP contribution in [0, 0.1) is 6.92 Å². The normalized spacial score (nSPS) is 12.1. The van der Waals surface area contributed by atoms with Gasteiger partial charge < -0.3 is 10.2 Å². The van der Waals surface area contributed by atoms with Gasteiger partial charge in [0, 0.05) is 28.2 Å². The molecule has 0 radical (unpaired) electrons. The summed E-state index contributed by atoms with van der Waals surface area (Å²) in [7, 11) is -4.19. The maximum atomic E-state index is 14.0. The Balaban J connectivity index is 2.09. The summed E-state index contributed by atoms with van der Waals surface area (Å²) in [5.74, 6) is -0.915. The molecule has 3 rings (SSSR count). The lowest BCUT2D eigenvalue weighted by Crippen LogP contribution is -2.52. The second kappa shape index (κ2) is 13.5. The molecule has 0 spiro atoms. The summed E-state index contributed by atoms with van der Waals surface area (Å²) in [6.07, 6.45) is 0.303. The number of aryl methyl sites for hydroxylation is 1. The zero-order valence-corrected chi connectivity index (χ0v) is 24.9. The van der Waals surface area contributed by atoms with Crippen LogP contribution in [0.5, 0.6) is 0 Å². The van der Waals surface area contributed by atoms with E-state index >= 15 is 0 Å². The van der Waals surface area contributed by atoms with Crippen molar-refractivity contribution in [3.8, 4) is 0 Å². The van der Waals surface area contributed by atoms with Gasteiger partial charge in [0.25, 0.3) is 10.0 Å². The Morgan fingerprint density at radius 2 is 1.56 bits per heavy atom. The van der Waals surface area contributed by atoms with Crippen LogP contribution in [0.15, 0.2) is 71.6 Å². The quantitative estimate of drug-likeness (QED) is 0.285. The summed E-state index contributed by atoms with van der Waals surface area (Å²) in [6, 6.07) is 16.6. The second-order valence-corrected chi connectivity index (χ2v) is 12.0. The zero-order chi connectivity index (χ0) is 28.7. The number of rotatable bonds is 11. The van der Waals surface area contributed by atoms with E-state index in [1.54, 1.807) is 63.2 Å². The van der Waals surface area contributed by atoms with E-state index in [0.717, 1.165) is 4.31 Å². The van der Waals surface area contributed by atoms with Crippen LogP contribution in [0.2, 0.25) is 15.1 Å². The number of nitrogens with zero attached hydrogens (tertiary/aromatic N) is 2. The van der Waals surface area contributed by atoms with Gasteiger partial charge in [0.1, 0.15) is 12.6 Å². The molecule has 0 saturated carbocycles. The molecule has 3 aromatic rings. The number of anilines is 1. The van der Waals surface area contributed by atoms with E-state index in [1.165, 1.54) is 29.2 Å². The topological polar surface area (TPSA) is 86.8 Å². The van der Waals surface area contributed by atoms with Crippen LogP contribution in [-0.4, -0.2) is 44.3 Å². The predicted octanol–water partition coefficient (Wildman–Crippen LogP) is 6.09. The molecule has 0 aliphatic heterocycles. The van der Waals surface area contributed by atoms with Gasteiger partial charge in [-0.3, -0.25) is 13.9 Å². The average molecular weight is 611 g/mol. The van der Waals surface area contributed by atoms with Crippen LogP contribution in [0.25, 0.3) is 0 Å². The van der Waals surface area contributed by atoms with Crippen LogP contribution >= 0.6 is 34.8 Å². The second-order valence-electron chi connectivity index (χ2n) is 8.83. The molecule has 208 valence electrons. The van der Waals surface area contributed by atoms with Gasteiger partial charge in [0.05, 0.1) is 10.6 Å². The first kappa shape index (κ1) is 30.8. The monoisotopic (exact) mass is 609 g/mol. The maximum absolute atomic E-state index is 14.0. The summed E-state index contributed by atoms with van der Waals surface area (Å²) in [5.41, 5.74) is 1.57. The van der Waals surface area contributed by atoms with Crippen molar-refractivity contribution >= 4 is 62.3 Å². The van der Waals surface area contributed by atoms with Gasteiger partial charge in [0.15, 0.2) is 0 Å². The summed E-state index contributed by atoms with van der Waals surface area (Å²) in [5, 5.41) is 3.90. The maximum Gasteiger partial charge on any atom is 0.264 e. The number of carbonyl (C=O) groups excluding carboxylic acids is 2. The van der Waals surface area contributed by atoms with Crippen molar-refractivity contribution < 1.29 is 18.0 Å². The molecule has 0 fully saturated rings. The third-order valence-electron chi connectivity index (χ3n) is 6.16. The van der Waals surface area contributed by atoms with Crippen LogP contribution in [0.4, 0.5) is 5.69 Å². The molecule has 0 aliphatic carbocycles. The van der Waals surface area contributed by atoms with Crippen LogP contribution < -0.4 is 9.62 Å². The van der Waals surface area contributed by atoms with Crippen LogP contribution in [-0.2, 0) is 26.2 Å². The van der Waals surface area contributed by atoms with Gasteiger partial charge in [-0.1, -0.05) is 66.0 Å². The molecule has 0 aromatic heterocycles. The Hall–Kier alpha value is -2.78. The van der Waals surface area contributed by atoms with Crippen molar-refractivity contribution in [1.29, 1.82) is 0 Å². The first-order chi connectivity index (χ1) is 18.5. The number of nitrogens with one attached hydrogen (secondary N) is 1. The van der Waals surface area contributed by atoms with Crippen molar-refractivity contribution in [3.63, 3.8) is 0 Å². The highest BCUT2D eigenvalue weighted by atomic mass is 35.5. The Bertz CT molecular complexity index is 1430. The van der Waals surface area contributed by atoms with Crippen molar-refractivity contribution in [2.45, 2.75) is 44.7 Å². The standard InChI is InChI=1S/C28H30Cl3N3O4S/c1-4-25(28(36)32-5-2)33(17-20-10-11-22(30)16-24(20)31)27(35)18-34(26-9-7-6-8-19(26)3)39(37,38)23-14-12-21(29)13-15-23/h6-16,25H,4-5,17-18H2,1-3H3,(H,32,36). The van der Waals surface area contributed by atoms with Crippen molar-refractivity contribution in [1.82, 2.24) is 10.2 Å². The third kappa shape index (κ3) is 7.45. The number of carbonyl (C=O) groups is 2. The van der Waals surface area contributed by atoms with E-state index in [9.17, 15) is 18.0 Å². The molecule has 2 amide bonds. The number of sulfonamides is 1. The van der Waals surface area contributed by atoms with E-state index in [1.807, 2.05) is 0 Å². The smallest absolute Gasteiger partial charge is 0.264 e. The summed E-state index contributed by atoms with van der Waals surface area (Å²) < 4.78 is 28.8. The molecule has 1 N–H and O–H groups in total. The minimum absolute atomic E-state index is 0.0208. The highest BCUT2D eigenvalue weighted by Crippen LogP contribution is 2.29. The van der Waals surface area contributed by atoms with Gasteiger partial charge in [-0.15, -0.1) is 0 Å². The Morgan fingerprint density at radius 1 is 0.923 bits per heavy atom. The zero-order valence-electron chi connectivity index (χ0n) is 21.8. The predicted molar refractivity (Wildman–Crippen MR) is 157 cm³/mol. The number of amides is 2. The summed E-state index contributed by atoms with van der Waals surface area (Å²) in [6.45, 7) is 5.14. The van der Waals surface area contributed by atoms with E-state index in [-0.39, 0.29) is 17.3 Å². The van der Waals surface area contributed by atoms with Crippen molar-refractivity contribution in [2.24, 2.45) is 0 Å². The van der Waals surface area contributed by atoms with Gasteiger partial charge in [-0.2, -0.15) is 0 Å². The number of hydrogen-bond donors (Lipinski definition) is 1.